The number of carbonyl (C=O) groups is 1. The Bertz CT molecular complexity index is 390. The summed E-state index contributed by atoms with van der Waals surface area (Å²) < 4.78 is 5.88. The van der Waals surface area contributed by atoms with Crippen molar-refractivity contribution in [2.75, 3.05) is 25.6 Å². The van der Waals surface area contributed by atoms with Crippen LogP contribution in [0.2, 0.25) is 0 Å². The van der Waals surface area contributed by atoms with Gasteiger partial charge >= 0.3 is 0 Å². The molecule has 0 saturated carbocycles. The second kappa shape index (κ2) is 7.38. The molecule has 100 valence electrons. The van der Waals surface area contributed by atoms with Crippen LogP contribution in [0.15, 0.2) is 22.7 Å². The van der Waals surface area contributed by atoms with Crippen LogP contribution in [0, 0.1) is 6.92 Å². The average molecular weight is 315 g/mol. The summed E-state index contributed by atoms with van der Waals surface area (Å²) in [6.07, 6.45) is 0. The molecule has 0 spiro atoms. The highest BCUT2D eigenvalue weighted by atomic mass is 79.9. The van der Waals surface area contributed by atoms with Gasteiger partial charge in [0.2, 0.25) is 5.91 Å². The van der Waals surface area contributed by atoms with Crippen molar-refractivity contribution in [2.45, 2.75) is 19.9 Å². The quantitative estimate of drug-likeness (QED) is 0.792. The van der Waals surface area contributed by atoms with Crippen molar-refractivity contribution in [2.24, 2.45) is 0 Å². The van der Waals surface area contributed by atoms with Gasteiger partial charge in [0.1, 0.15) is 6.04 Å². The van der Waals surface area contributed by atoms with Gasteiger partial charge < -0.3 is 15.4 Å². The molecule has 0 fully saturated rings. The standard InChI is InChI=1S/C13H19BrN2O2/c1-9-6-11(14)8-12(7-9)16-10(2)13(17)15-4-5-18-3/h6-8,10,16H,4-5H2,1-3H3,(H,15,17). The number of anilines is 1. The molecule has 0 saturated heterocycles. The topological polar surface area (TPSA) is 50.4 Å². The fraction of sp³-hybridized carbons (Fsp3) is 0.462. The lowest BCUT2D eigenvalue weighted by Gasteiger charge is -2.15. The van der Waals surface area contributed by atoms with Crippen LogP contribution in [0.1, 0.15) is 12.5 Å². The van der Waals surface area contributed by atoms with Crippen LogP contribution in [0.4, 0.5) is 5.69 Å². The van der Waals surface area contributed by atoms with E-state index in [0.717, 1.165) is 15.7 Å². The molecule has 1 rings (SSSR count). The van der Waals surface area contributed by atoms with Gasteiger partial charge in [0.25, 0.3) is 0 Å². The van der Waals surface area contributed by atoms with Gasteiger partial charge in [-0.25, -0.2) is 0 Å². The van der Waals surface area contributed by atoms with E-state index in [1.807, 2.05) is 32.0 Å². The zero-order chi connectivity index (χ0) is 13.5. The van der Waals surface area contributed by atoms with E-state index in [2.05, 4.69) is 26.6 Å². The summed E-state index contributed by atoms with van der Waals surface area (Å²) in [6.45, 7) is 4.89. The molecule has 1 amide bonds. The molecular formula is C13H19BrN2O2. The van der Waals surface area contributed by atoms with Gasteiger partial charge in [-0.3, -0.25) is 4.79 Å². The molecule has 0 heterocycles. The second-order valence-corrected chi connectivity index (χ2v) is 5.08. The first kappa shape index (κ1) is 15.0. The van der Waals surface area contributed by atoms with Crippen molar-refractivity contribution in [3.63, 3.8) is 0 Å². The van der Waals surface area contributed by atoms with E-state index in [4.69, 9.17) is 4.74 Å². The molecule has 1 aromatic rings. The zero-order valence-electron chi connectivity index (χ0n) is 10.9. The predicted molar refractivity (Wildman–Crippen MR) is 76.8 cm³/mol. The number of rotatable bonds is 6. The maximum Gasteiger partial charge on any atom is 0.242 e. The Hall–Kier alpha value is -1.07. The number of carbonyl (C=O) groups excluding carboxylic acids is 1. The summed E-state index contributed by atoms with van der Waals surface area (Å²) in [4.78, 5) is 11.8. The van der Waals surface area contributed by atoms with E-state index in [0.29, 0.717) is 13.2 Å². The molecule has 0 radical (unpaired) electrons. The van der Waals surface area contributed by atoms with Crippen LogP contribution in [-0.2, 0) is 9.53 Å². The van der Waals surface area contributed by atoms with Crippen LogP contribution < -0.4 is 10.6 Å². The van der Waals surface area contributed by atoms with Crippen LogP contribution >= 0.6 is 15.9 Å². The third-order valence-corrected chi connectivity index (χ3v) is 2.88. The second-order valence-electron chi connectivity index (χ2n) is 4.17. The van der Waals surface area contributed by atoms with Crippen molar-refractivity contribution in [1.82, 2.24) is 5.32 Å². The molecule has 0 bridgehead atoms. The first-order valence-corrected chi connectivity index (χ1v) is 6.62. The van der Waals surface area contributed by atoms with Gasteiger partial charge in [-0.15, -0.1) is 0 Å². The molecule has 1 aromatic carbocycles. The van der Waals surface area contributed by atoms with E-state index >= 15 is 0 Å². The van der Waals surface area contributed by atoms with Crippen molar-refractivity contribution in [3.8, 4) is 0 Å². The van der Waals surface area contributed by atoms with Gasteiger partial charge in [0.15, 0.2) is 0 Å². The molecule has 5 heteroatoms. The molecule has 1 atom stereocenters. The summed E-state index contributed by atoms with van der Waals surface area (Å²) in [5.41, 5.74) is 2.06. The largest absolute Gasteiger partial charge is 0.383 e. The van der Waals surface area contributed by atoms with Gasteiger partial charge in [-0.2, -0.15) is 0 Å². The van der Waals surface area contributed by atoms with Gasteiger partial charge in [0, 0.05) is 23.8 Å². The highest BCUT2D eigenvalue weighted by Crippen LogP contribution is 2.19. The molecule has 2 N–H and O–H groups in total. The Balaban J connectivity index is 2.52. The number of methoxy groups -OCH3 is 1. The smallest absolute Gasteiger partial charge is 0.242 e. The Morgan fingerprint density at radius 2 is 2.17 bits per heavy atom. The van der Waals surface area contributed by atoms with Gasteiger partial charge in [-0.1, -0.05) is 15.9 Å². The minimum Gasteiger partial charge on any atom is -0.383 e. The monoisotopic (exact) mass is 314 g/mol. The first-order valence-electron chi connectivity index (χ1n) is 5.83. The highest BCUT2D eigenvalue weighted by molar-refractivity contribution is 9.10. The van der Waals surface area contributed by atoms with Crippen LogP contribution in [0.25, 0.3) is 0 Å². The SMILES string of the molecule is COCCNC(=O)C(C)Nc1cc(C)cc(Br)c1. The molecule has 18 heavy (non-hydrogen) atoms. The van der Waals surface area contributed by atoms with E-state index in [9.17, 15) is 4.79 Å². The molecule has 0 aliphatic rings. The molecule has 0 aliphatic heterocycles. The van der Waals surface area contributed by atoms with Crippen LogP contribution in [0.3, 0.4) is 0 Å². The number of hydrogen-bond acceptors (Lipinski definition) is 3. The normalized spacial score (nSPS) is 12.0. The number of aryl methyl sites for hydroxylation is 1. The minimum atomic E-state index is -0.282. The number of nitrogens with one attached hydrogen (secondary N) is 2. The molecule has 4 nitrogen and oxygen atoms in total. The van der Waals surface area contributed by atoms with Crippen LogP contribution in [-0.4, -0.2) is 32.2 Å². The summed E-state index contributed by atoms with van der Waals surface area (Å²) in [5, 5.41) is 5.96. The number of benzene rings is 1. The Morgan fingerprint density at radius 3 is 2.78 bits per heavy atom. The lowest BCUT2D eigenvalue weighted by molar-refractivity contribution is -0.121. The highest BCUT2D eigenvalue weighted by Gasteiger charge is 2.11. The fourth-order valence-electron chi connectivity index (χ4n) is 1.56. The molecule has 0 aliphatic carbocycles. The van der Waals surface area contributed by atoms with Crippen molar-refractivity contribution < 1.29 is 9.53 Å². The van der Waals surface area contributed by atoms with E-state index in [1.54, 1.807) is 7.11 Å². The lowest BCUT2D eigenvalue weighted by Crippen LogP contribution is -2.39. The first-order chi connectivity index (χ1) is 8.52. The lowest BCUT2D eigenvalue weighted by atomic mass is 10.2. The Kier molecular flexibility index (Phi) is 6.15. The average Bonchev–Trinajstić information content (AvgIpc) is 2.27. The third kappa shape index (κ3) is 5.06. The summed E-state index contributed by atoms with van der Waals surface area (Å²) >= 11 is 3.43. The summed E-state index contributed by atoms with van der Waals surface area (Å²) in [7, 11) is 1.61. The van der Waals surface area contributed by atoms with Crippen molar-refractivity contribution in [3.05, 3.63) is 28.2 Å². The molecular weight excluding hydrogens is 296 g/mol. The van der Waals surface area contributed by atoms with Gasteiger partial charge in [0.05, 0.1) is 6.61 Å². The van der Waals surface area contributed by atoms with E-state index in [1.165, 1.54) is 0 Å². The maximum absolute atomic E-state index is 11.8. The van der Waals surface area contributed by atoms with Crippen LogP contribution in [0.5, 0.6) is 0 Å². The summed E-state index contributed by atoms with van der Waals surface area (Å²) in [5.74, 6) is -0.0373. The number of amides is 1. The summed E-state index contributed by atoms with van der Waals surface area (Å²) in [6, 6.07) is 5.69. The van der Waals surface area contributed by atoms with E-state index < -0.39 is 0 Å². The minimum absolute atomic E-state index is 0.0373. The molecule has 1 unspecified atom stereocenters. The fourth-order valence-corrected chi connectivity index (χ4v) is 2.17. The number of ether oxygens (including phenoxy) is 1. The Labute approximate surface area is 116 Å². The number of hydrogen-bond donors (Lipinski definition) is 2. The van der Waals surface area contributed by atoms with Crippen molar-refractivity contribution in [1.29, 1.82) is 0 Å². The third-order valence-electron chi connectivity index (χ3n) is 2.42. The van der Waals surface area contributed by atoms with E-state index in [-0.39, 0.29) is 11.9 Å². The van der Waals surface area contributed by atoms with Crippen molar-refractivity contribution >= 4 is 27.5 Å². The maximum atomic E-state index is 11.8. The number of halogens is 1. The molecule has 0 aromatic heterocycles. The Morgan fingerprint density at radius 1 is 1.44 bits per heavy atom. The predicted octanol–water partition coefficient (Wildman–Crippen LogP) is 2.32. The zero-order valence-corrected chi connectivity index (χ0v) is 12.5. The van der Waals surface area contributed by atoms with Gasteiger partial charge in [-0.05, 0) is 37.6 Å².